The summed E-state index contributed by atoms with van der Waals surface area (Å²) in [6, 6.07) is 16.3. The Morgan fingerprint density at radius 1 is 1.00 bits per heavy atom. The monoisotopic (exact) mass is 345 g/mol. The molecule has 0 fully saturated rings. The summed E-state index contributed by atoms with van der Waals surface area (Å²) >= 11 is 6.20. The minimum absolute atomic E-state index is 0.151. The number of benzene rings is 2. The summed E-state index contributed by atoms with van der Waals surface area (Å²) in [4.78, 5) is 0. The summed E-state index contributed by atoms with van der Waals surface area (Å²) in [6.07, 6.45) is 2.23. The largest absolute Gasteiger partial charge is 0.489 e. The van der Waals surface area contributed by atoms with E-state index in [2.05, 4.69) is 50.4 Å². The number of halogens is 1. The Morgan fingerprint density at radius 3 is 2.42 bits per heavy atom. The van der Waals surface area contributed by atoms with E-state index in [-0.39, 0.29) is 6.10 Å². The number of hydrogen-bond acceptors (Lipinski definition) is 2. The normalized spacial score (nSPS) is 13.5. The molecule has 0 bridgehead atoms. The van der Waals surface area contributed by atoms with Crippen LogP contribution in [-0.2, 0) is 6.54 Å². The van der Waals surface area contributed by atoms with Gasteiger partial charge < -0.3 is 10.1 Å². The Labute approximate surface area is 151 Å². The molecular formula is C21H28ClNO. The van der Waals surface area contributed by atoms with E-state index in [4.69, 9.17) is 16.3 Å². The molecule has 24 heavy (non-hydrogen) atoms. The predicted molar refractivity (Wildman–Crippen MR) is 103 cm³/mol. The van der Waals surface area contributed by atoms with Crippen LogP contribution in [0.25, 0.3) is 0 Å². The highest BCUT2D eigenvalue weighted by atomic mass is 35.5. The molecule has 0 aliphatic heterocycles. The van der Waals surface area contributed by atoms with E-state index in [0.29, 0.717) is 5.92 Å². The molecule has 0 saturated carbocycles. The summed E-state index contributed by atoms with van der Waals surface area (Å²) in [6.45, 7) is 8.18. The van der Waals surface area contributed by atoms with Crippen molar-refractivity contribution in [3.63, 3.8) is 0 Å². The van der Waals surface area contributed by atoms with Gasteiger partial charge in [-0.2, -0.15) is 0 Å². The first-order valence-electron chi connectivity index (χ1n) is 8.85. The van der Waals surface area contributed by atoms with Crippen molar-refractivity contribution >= 4 is 11.6 Å². The fraction of sp³-hybridized carbons (Fsp3) is 0.429. The summed E-state index contributed by atoms with van der Waals surface area (Å²) < 4.78 is 6.29. The number of ether oxygens (including phenoxy) is 1. The van der Waals surface area contributed by atoms with Gasteiger partial charge in [-0.05, 0) is 42.0 Å². The van der Waals surface area contributed by atoms with Crippen molar-refractivity contribution in [2.24, 2.45) is 0 Å². The average Bonchev–Trinajstić information content (AvgIpc) is 2.62. The third-order valence-corrected chi connectivity index (χ3v) is 4.83. The number of para-hydroxylation sites is 1. The molecule has 0 heterocycles. The molecule has 2 aromatic rings. The third kappa shape index (κ3) is 5.25. The molecule has 0 saturated heterocycles. The zero-order valence-corrected chi connectivity index (χ0v) is 15.6. The Morgan fingerprint density at radius 2 is 1.71 bits per heavy atom. The van der Waals surface area contributed by atoms with E-state index in [9.17, 15) is 0 Å². The second-order valence-electron chi connectivity index (χ2n) is 6.22. The molecule has 1 N–H and O–H groups in total. The van der Waals surface area contributed by atoms with Gasteiger partial charge in [0.05, 0.1) is 0 Å². The Bertz CT molecular complexity index is 629. The van der Waals surface area contributed by atoms with Crippen LogP contribution in [0.1, 0.15) is 50.7 Å². The Kier molecular flexibility index (Phi) is 7.61. The van der Waals surface area contributed by atoms with Crippen molar-refractivity contribution in [3.8, 4) is 5.75 Å². The predicted octanol–water partition coefficient (Wildman–Crippen LogP) is 5.80. The fourth-order valence-corrected chi connectivity index (χ4v) is 2.88. The van der Waals surface area contributed by atoms with Gasteiger partial charge in [0, 0.05) is 18.1 Å². The fourth-order valence-electron chi connectivity index (χ4n) is 2.67. The Balaban J connectivity index is 1.94. The van der Waals surface area contributed by atoms with Crippen LogP contribution in [0.15, 0.2) is 48.5 Å². The van der Waals surface area contributed by atoms with Gasteiger partial charge in [0.15, 0.2) is 0 Å². The first kappa shape index (κ1) is 18.8. The van der Waals surface area contributed by atoms with E-state index in [1.165, 1.54) is 5.56 Å². The van der Waals surface area contributed by atoms with Gasteiger partial charge in [-0.25, -0.2) is 0 Å². The van der Waals surface area contributed by atoms with Crippen molar-refractivity contribution in [2.75, 3.05) is 6.54 Å². The maximum absolute atomic E-state index is 6.29. The lowest BCUT2D eigenvalue weighted by Gasteiger charge is -2.22. The smallest absolute Gasteiger partial charge is 0.123 e. The van der Waals surface area contributed by atoms with E-state index < -0.39 is 0 Å². The van der Waals surface area contributed by atoms with Gasteiger partial charge in [0.25, 0.3) is 0 Å². The van der Waals surface area contributed by atoms with Crippen LogP contribution in [0.2, 0.25) is 5.02 Å². The van der Waals surface area contributed by atoms with Gasteiger partial charge >= 0.3 is 0 Å². The van der Waals surface area contributed by atoms with Crippen molar-refractivity contribution in [1.29, 1.82) is 0 Å². The molecule has 0 aromatic heterocycles. The molecule has 130 valence electrons. The number of hydrogen-bond donors (Lipinski definition) is 1. The molecule has 2 nitrogen and oxygen atoms in total. The maximum atomic E-state index is 6.29. The minimum Gasteiger partial charge on any atom is -0.489 e. The summed E-state index contributed by atoms with van der Waals surface area (Å²) in [5, 5.41) is 4.27. The highest BCUT2D eigenvalue weighted by Gasteiger charge is 2.14. The van der Waals surface area contributed by atoms with E-state index in [1.54, 1.807) is 0 Å². The SMILES string of the molecule is CCC(CNCc1ccccc1Cl)Oc1ccccc1C(C)CC. The van der Waals surface area contributed by atoms with Crippen LogP contribution in [-0.4, -0.2) is 12.6 Å². The first-order chi connectivity index (χ1) is 11.7. The zero-order valence-electron chi connectivity index (χ0n) is 14.9. The highest BCUT2D eigenvalue weighted by molar-refractivity contribution is 6.31. The van der Waals surface area contributed by atoms with Gasteiger partial charge in [-0.3, -0.25) is 0 Å². The lowest BCUT2D eigenvalue weighted by atomic mass is 9.98. The highest BCUT2D eigenvalue weighted by Crippen LogP contribution is 2.29. The van der Waals surface area contributed by atoms with Crippen LogP contribution < -0.4 is 10.1 Å². The van der Waals surface area contributed by atoms with Gasteiger partial charge in [0.2, 0.25) is 0 Å². The lowest BCUT2D eigenvalue weighted by Crippen LogP contribution is -2.31. The second-order valence-corrected chi connectivity index (χ2v) is 6.62. The standard InChI is InChI=1S/C21H28ClNO/c1-4-16(3)19-11-7-9-13-21(19)24-18(5-2)15-23-14-17-10-6-8-12-20(17)22/h6-13,16,18,23H,4-5,14-15H2,1-3H3. The topological polar surface area (TPSA) is 21.3 Å². The molecule has 0 spiro atoms. The summed E-state index contributed by atoms with van der Waals surface area (Å²) in [5.74, 6) is 1.52. The average molecular weight is 346 g/mol. The molecule has 3 heteroatoms. The van der Waals surface area contributed by atoms with Crippen LogP contribution in [0.4, 0.5) is 0 Å². The maximum Gasteiger partial charge on any atom is 0.123 e. The van der Waals surface area contributed by atoms with Crippen LogP contribution in [0.3, 0.4) is 0 Å². The van der Waals surface area contributed by atoms with Gasteiger partial charge in [0.1, 0.15) is 11.9 Å². The molecule has 0 aliphatic carbocycles. The quantitative estimate of drug-likeness (QED) is 0.620. The second kappa shape index (κ2) is 9.71. The summed E-state index contributed by atoms with van der Waals surface area (Å²) in [5.41, 5.74) is 2.42. The molecule has 0 amide bonds. The molecule has 2 rings (SSSR count). The van der Waals surface area contributed by atoms with Crippen molar-refractivity contribution < 1.29 is 4.74 Å². The zero-order chi connectivity index (χ0) is 17.4. The van der Waals surface area contributed by atoms with Crippen molar-refractivity contribution in [1.82, 2.24) is 5.32 Å². The summed E-state index contributed by atoms with van der Waals surface area (Å²) in [7, 11) is 0. The minimum atomic E-state index is 0.151. The first-order valence-corrected chi connectivity index (χ1v) is 9.23. The Hall–Kier alpha value is -1.51. The number of nitrogens with one attached hydrogen (secondary N) is 1. The van der Waals surface area contributed by atoms with Gasteiger partial charge in [-0.1, -0.05) is 68.8 Å². The van der Waals surface area contributed by atoms with Crippen LogP contribution >= 0.6 is 11.6 Å². The van der Waals surface area contributed by atoms with Crippen LogP contribution in [0, 0.1) is 0 Å². The van der Waals surface area contributed by atoms with E-state index >= 15 is 0 Å². The molecule has 2 unspecified atom stereocenters. The number of rotatable bonds is 9. The van der Waals surface area contributed by atoms with E-state index in [1.807, 2.05) is 24.3 Å². The van der Waals surface area contributed by atoms with E-state index in [0.717, 1.165) is 42.3 Å². The third-order valence-electron chi connectivity index (χ3n) is 4.46. The van der Waals surface area contributed by atoms with Crippen molar-refractivity contribution in [2.45, 2.75) is 52.2 Å². The van der Waals surface area contributed by atoms with Gasteiger partial charge in [-0.15, -0.1) is 0 Å². The molecule has 0 radical (unpaired) electrons. The molecule has 2 aromatic carbocycles. The molecule has 0 aliphatic rings. The molecule has 2 atom stereocenters. The lowest BCUT2D eigenvalue weighted by molar-refractivity contribution is 0.190. The van der Waals surface area contributed by atoms with Crippen LogP contribution in [0.5, 0.6) is 5.75 Å². The van der Waals surface area contributed by atoms with Crippen molar-refractivity contribution in [3.05, 3.63) is 64.7 Å². The molecular weight excluding hydrogens is 318 g/mol.